The summed E-state index contributed by atoms with van der Waals surface area (Å²) in [5.41, 5.74) is 5.97. The number of hydrogen-bond donors (Lipinski definition) is 2. The Labute approximate surface area is 218 Å². The number of para-hydroxylation sites is 1. The van der Waals surface area contributed by atoms with Crippen molar-refractivity contribution < 1.29 is 14.3 Å². The highest BCUT2D eigenvalue weighted by Crippen LogP contribution is 2.76. The molecule has 3 aromatic rings. The molecule has 5 heteroatoms. The first-order chi connectivity index (χ1) is 17.7. The molecule has 4 saturated carbocycles. The zero-order valence-corrected chi connectivity index (χ0v) is 21.8. The second-order valence-electron chi connectivity index (χ2n) is 12.0. The summed E-state index contributed by atoms with van der Waals surface area (Å²) in [4.78, 5) is 24.9. The Balaban J connectivity index is 1.12. The number of nitrogens with one attached hydrogen (secondary N) is 2. The molecule has 1 amide bonds. The highest BCUT2D eigenvalue weighted by atomic mass is 16.5. The van der Waals surface area contributed by atoms with Crippen LogP contribution in [0.1, 0.15) is 72.2 Å². The van der Waals surface area contributed by atoms with Crippen LogP contribution in [0.5, 0.6) is 0 Å². The van der Waals surface area contributed by atoms with Crippen molar-refractivity contribution in [3.05, 3.63) is 89.5 Å². The number of amides is 1. The minimum Gasteiger partial charge on any atom is -0.465 e. The predicted molar refractivity (Wildman–Crippen MR) is 146 cm³/mol. The van der Waals surface area contributed by atoms with Gasteiger partial charge in [-0.2, -0.15) is 0 Å². The maximum absolute atomic E-state index is 12.9. The van der Waals surface area contributed by atoms with Crippen LogP contribution in [-0.4, -0.2) is 19.0 Å². The van der Waals surface area contributed by atoms with Gasteiger partial charge in [-0.3, -0.25) is 4.79 Å². The quantitative estimate of drug-likeness (QED) is 0.352. The third-order valence-corrected chi connectivity index (χ3v) is 9.59. The van der Waals surface area contributed by atoms with Gasteiger partial charge in [0.25, 0.3) is 5.91 Å². The molecule has 3 aromatic carbocycles. The Morgan fingerprint density at radius 2 is 1.43 bits per heavy atom. The zero-order chi connectivity index (χ0) is 25.8. The average molecular weight is 495 g/mol. The lowest BCUT2D eigenvalue weighted by atomic mass is 9.63. The molecule has 0 aliphatic heterocycles. The number of hydrogen-bond acceptors (Lipinski definition) is 4. The van der Waals surface area contributed by atoms with Gasteiger partial charge in [-0.25, -0.2) is 4.79 Å². The Bertz CT molecular complexity index is 1340. The van der Waals surface area contributed by atoms with Crippen LogP contribution in [0.4, 0.5) is 17.1 Å². The van der Waals surface area contributed by atoms with Crippen LogP contribution in [0, 0.1) is 16.7 Å². The lowest BCUT2D eigenvalue weighted by Gasteiger charge is -2.41. The Morgan fingerprint density at radius 1 is 0.811 bits per heavy atom. The second-order valence-corrected chi connectivity index (χ2v) is 12.0. The van der Waals surface area contributed by atoms with E-state index in [9.17, 15) is 9.59 Å². The van der Waals surface area contributed by atoms with Crippen molar-refractivity contribution in [2.45, 2.75) is 51.4 Å². The van der Waals surface area contributed by atoms with Gasteiger partial charge in [0.2, 0.25) is 0 Å². The van der Waals surface area contributed by atoms with Crippen LogP contribution in [-0.2, 0) is 10.2 Å². The maximum Gasteiger partial charge on any atom is 0.339 e. The van der Waals surface area contributed by atoms with Gasteiger partial charge in [0.15, 0.2) is 0 Å². The normalized spacial score (nSPS) is 29.2. The van der Waals surface area contributed by atoms with E-state index in [4.69, 9.17) is 4.74 Å². The van der Waals surface area contributed by atoms with Crippen LogP contribution >= 0.6 is 0 Å². The summed E-state index contributed by atoms with van der Waals surface area (Å²) >= 11 is 0. The van der Waals surface area contributed by atoms with Crippen molar-refractivity contribution in [1.29, 1.82) is 0 Å². The molecule has 4 bridgehead atoms. The molecule has 0 aromatic heterocycles. The second kappa shape index (κ2) is 8.47. The van der Waals surface area contributed by atoms with Crippen LogP contribution < -0.4 is 10.6 Å². The smallest absolute Gasteiger partial charge is 0.339 e. The van der Waals surface area contributed by atoms with Crippen molar-refractivity contribution in [3.8, 4) is 0 Å². The Hall–Kier alpha value is -3.60. The van der Waals surface area contributed by atoms with Crippen LogP contribution in [0.25, 0.3) is 0 Å². The van der Waals surface area contributed by atoms with E-state index in [0.29, 0.717) is 33.1 Å². The number of carbonyl (C=O) groups excluding carboxylic acids is 2. The van der Waals surface area contributed by atoms with Crippen molar-refractivity contribution in [2.24, 2.45) is 16.7 Å². The number of anilines is 3. The lowest BCUT2D eigenvalue weighted by molar-refractivity contribution is 0.0601. The molecule has 2 N–H and O–H groups in total. The largest absolute Gasteiger partial charge is 0.465 e. The summed E-state index contributed by atoms with van der Waals surface area (Å²) in [7, 11) is 1.36. The molecule has 190 valence electrons. The van der Waals surface area contributed by atoms with E-state index in [-0.39, 0.29) is 5.91 Å². The fourth-order valence-electron chi connectivity index (χ4n) is 7.98. The molecule has 0 spiro atoms. The van der Waals surface area contributed by atoms with Crippen molar-refractivity contribution in [2.75, 3.05) is 17.7 Å². The first-order valence-corrected chi connectivity index (χ1v) is 13.2. The highest BCUT2D eigenvalue weighted by molar-refractivity contribution is 6.04. The van der Waals surface area contributed by atoms with Gasteiger partial charge in [0, 0.05) is 16.9 Å². The summed E-state index contributed by atoms with van der Waals surface area (Å²) in [5, 5.41) is 6.27. The molecular formula is C32H34N2O3. The van der Waals surface area contributed by atoms with E-state index < -0.39 is 5.97 Å². The molecule has 37 heavy (non-hydrogen) atoms. The summed E-state index contributed by atoms with van der Waals surface area (Å²) in [6.07, 6.45) is 6.69. The summed E-state index contributed by atoms with van der Waals surface area (Å²) in [6.45, 7) is 5.03. The molecular weight excluding hydrogens is 460 g/mol. The van der Waals surface area contributed by atoms with Crippen LogP contribution in [0.3, 0.4) is 0 Å². The standard InChI is InChI=1S/C32H34N2O3/c1-30-16-21-17-31(30,2)20-32(18-21,19-30)23-10-14-25(15-11-23)34-28(35)22-8-12-24(13-9-22)33-27-7-5-4-6-26(27)29(36)37-3/h4-15,21,33H,16-20H2,1-3H3,(H,34,35). The number of ether oxygens (including phenoxy) is 1. The van der Waals surface area contributed by atoms with Gasteiger partial charge in [-0.05, 0) is 108 Å². The third kappa shape index (κ3) is 3.92. The van der Waals surface area contributed by atoms with Crippen LogP contribution in [0.15, 0.2) is 72.8 Å². The minimum absolute atomic E-state index is 0.146. The van der Waals surface area contributed by atoms with E-state index in [1.165, 1.54) is 44.8 Å². The summed E-state index contributed by atoms with van der Waals surface area (Å²) in [5.74, 6) is 0.316. The topological polar surface area (TPSA) is 67.4 Å². The number of methoxy groups -OCH3 is 1. The summed E-state index contributed by atoms with van der Waals surface area (Å²) in [6, 6.07) is 23.0. The van der Waals surface area contributed by atoms with Crippen LogP contribution in [0.2, 0.25) is 0 Å². The predicted octanol–water partition coefficient (Wildman–Crippen LogP) is 7.33. The monoisotopic (exact) mass is 494 g/mol. The van der Waals surface area contributed by atoms with Gasteiger partial charge in [-0.15, -0.1) is 0 Å². The first-order valence-electron chi connectivity index (χ1n) is 13.2. The third-order valence-electron chi connectivity index (χ3n) is 9.59. The molecule has 5 nitrogen and oxygen atoms in total. The van der Waals surface area contributed by atoms with Gasteiger partial charge in [0.05, 0.1) is 18.4 Å². The molecule has 7 rings (SSSR count). The molecule has 0 saturated heterocycles. The number of carbonyl (C=O) groups is 2. The Morgan fingerprint density at radius 3 is 2.05 bits per heavy atom. The number of benzene rings is 3. The van der Waals surface area contributed by atoms with Gasteiger partial charge in [-0.1, -0.05) is 38.1 Å². The lowest BCUT2D eigenvalue weighted by Crippen LogP contribution is -2.33. The number of esters is 1. The molecule has 4 aliphatic rings. The van der Waals surface area contributed by atoms with Gasteiger partial charge < -0.3 is 15.4 Å². The summed E-state index contributed by atoms with van der Waals surface area (Å²) < 4.78 is 4.86. The zero-order valence-electron chi connectivity index (χ0n) is 21.8. The highest BCUT2D eigenvalue weighted by Gasteiger charge is 2.67. The fraction of sp³-hybridized carbons (Fsp3) is 0.375. The van der Waals surface area contributed by atoms with Crippen molar-refractivity contribution >= 4 is 28.9 Å². The van der Waals surface area contributed by atoms with E-state index in [0.717, 1.165) is 17.3 Å². The molecule has 4 fully saturated rings. The van der Waals surface area contributed by atoms with E-state index in [2.05, 4.69) is 48.7 Å². The first kappa shape index (κ1) is 23.8. The molecule has 2 unspecified atom stereocenters. The minimum atomic E-state index is -0.402. The van der Waals surface area contributed by atoms with Gasteiger partial charge >= 0.3 is 5.97 Å². The SMILES string of the molecule is COC(=O)c1ccccc1Nc1ccc(C(=O)Nc2ccc(C34CC5CC(C)(C3)C(C)(C5)C4)cc2)cc1. The van der Waals surface area contributed by atoms with E-state index >= 15 is 0 Å². The van der Waals surface area contributed by atoms with Crippen molar-refractivity contribution in [1.82, 2.24) is 0 Å². The number of rotatable bonds is 6. The molecule has 0 radical (unpaired) electrons. The molecule has 0 heterocycles. The van der Waals surface area contributed by atoms with E-state index in [1.807, 2.05) is 24.3 Å². The molecule has 4 aliphatic carbocycles. The van der Waals surface area contributed by atoms with Gasteiger partial charge in [0.1, 0.15) is 0 Å². The van der Waals surface area contributed by atoms with E-state index in [1.54, 1.807) is 24.3 Å². The molecule has 2 atom stereocenters. The average Bonchev–Trinajstić information content (AvgIpc) is 3.17. The Kier molecular flexibility index (Phi) is 5.45. The van der Waals surface area contributed by atoms with Crippen molar-refractivity contribution in [3.63, 3.8) is 0 Å². The fourth-order valence-corrected chi connectivity index (χ4v) is 7.98. The maximum atomic E-state index is 12.9.